The van der Waals surface area contributed by atoms with Crippen LogP contribution in [0.2, 0.25) is 0 Å². The first-order valence-corrected chi connectivity index (χ1v) is 10.5. The Morgan fingerprint density at radius 1 is 1.23 bits per heavy atom. The van der Waals surface area contributed by atoms with Gasteiger partial charge in [-0.3, -0.25) is 9.59 Å². The number of anilines is 1. The minimum absolute atomic E-state index is 0.0453. The van der Waals surface area contributed by atoms with Crippen LogP contribution in [0.5, 0.6) is 0 Å². The zero-order chi connectivity index (χ0) is 20.7. The predicted octanol–water partition coefficient (Wildman–Crippen LogP) is 2.79. The number of benzene rings is 2. The zero-order valence-corrected chi connectivity index (χ0v) is 17.0. The van der Waals surface area contributed by atoms with Gasteiger partial charge in [0.2, 0.25) is 5.91 Å². The molecule has 0 aromatic heterocycles. The van der Waals surface area contributed by atoms with E-state index in [1.54, 1.807) is 6.92 Å². The molecule has 0 radical (unpaired) electrons. The first-order valence-electron chi connectivity index (χ1n) is 10.5. The molecular weight excluding hydrogens is 378 g/mol. The van der Waals surface area contributed by atoms with Gasteiger partial charge in [0, 0.05) is 55.0 Å². The first kappa shape index (κ1) is 18.9. The molecule has 0 spiro atoms. The van der Waals surface area contributed by atoms with Gasteiger partial charge in [0.15, 0.2) is 0 Å². The van der Waals surface area contributed by atoms with Crippen molar-refractivity contribution < 1.29 is 14.3 Å². The van der Waals surface area contributed by atoms with E-state index in [0.717, 1.165) is 54.9 Å². The number of para-hydroxylation sites is 1. The highest BCUT2D eigenvalue weighted by Gasteiger charge is 2.32. The van der Waals surface area contributed by atoms with Gasteiger partial charge in [0.1, 0.15) is 12.4 Å². The molecule has 3 heterocycles. The molecule has 5 rings (SSSR count). The van der Waals surface area contributed by atoms with Crippen LogP contribution in [0.1, 0.15) is 35.6 Å². The third-order valence-corrected chi connectivity index (χ3v) is 6.08. The summed E-state index contributed by atoms with van der Waals surface area (Å²) in [5, 5.41) is 5.94. The van der Waals surface area contributed by atoms with Crippen LogP contribution in [0, 0.1) is 0 Å². The minimum Gasteiger partial charge on any atom is -0.487 e. The minimum atomic E-state index is -0.106. The van der Waals surface area contributed by atoms with Gasteiger partial charge in [-0.05, 0) is 24.5 Å². The van der Waals surface area contributed by atoms with Crippen molar-refractivity contribution in [3.8, 4) is 0 Å². The number of nitrogens with one attached hydrogen (secondary N) is 2. The van der Waals surface area contributed by atoms with E-state index in [1.807, 2.05) is 24.3 Å². The number of carbonyl (C=O) groups is 2. The lowest BCUT2D eigenvalue weighted by atomic mass is 9.98. The SMILES string of the molecule is CC(=O)NC1CCN(CCc2ccc3c(c2)CO/C3=C2/C(=O)Nc3ccccc32)C1. The maximum atomic E-state index is 12.6. The Morgan fingerprint density at radius 3 is 2.97 bits per heavy atom. The highest BCUT2D eigenvalue weighted by Crippen LogP contribution is 2.41. The topological polar surface area (TPSA) is 70.7 Å². The van der Waals surface area contributed by atoms with Gasteiger partial charge in [0.05, 0.1) is 5.57 Å². The summed E-state index contributed by atoms with van der Waals surface area (Å²) in [6, 6.07) is 14.4. The van der Waals surface area contributed by atoms with E-state index in [2.05, 4.69) is 33.7 Å². The molecule has 3 aliphatic heterocycles. The van der Waals surface area contributed by atoms with Crippen molar-refractivity contribution in [1.82, 2.24) is 10.2 Å². The van der Waals surface area contributed by atoms with E-state index in [9.17, 15) is 9.59 Å². The van der Waals surface area contributed by atoms with E-state index in [1.165, 1.54) is 5.56 Å². The molecule has 154 valence electrons. The molecule has 3 aliphatic rings. The first-order chi connectivity index (χ1) is 14.6. The fraction of sp³-hybridized carbons (Fsp3) is 0.333. The van der Waals surface area contributed by atoms with Crippen LogP contribution in [0.25, 0.3) is 11.3 Å². The second-order valence-electron chi connectivity index (χ2n) is 8.22. The van der Waals surface area contributed by atoms with Crippen LogP contribution in [-0.2, 0) is 27.4 Å². The fourth-order valence-electron chi connectivity index (χ4n) is 4.65. The summed E-state index contributed by atoms with van der Waals surface area (Å²) in [5.74, 6) is 0.617. The summed E-state index contributed by atoms with van der Waals surface area (Å²) >= 11 is 0. The highest BCUT2D eigenvalue weighted by atomic mass is 16.5. The second-order valence-corrected chi connectivity index (χ2v) is 8.22. The third-order valence-electron chi connectivity index (χ3n) is 6.08. The average molecular weight is 403 g/mol. The fourth-order valence-corrected chi connectivity index (χ4v) is 4.65. The molecule has 1 fully saturated rings. The van der Waals surface area contributed by atoms with Gasteiger partial charge < -0.3 is 20.3 Å². The van der Waals surface area contributed by atoms with Crippen molar-refractivity contribution in [2.75, 3.05) is 25.0 Å². The summed E-state index contributed by atoms with van der Waals surface area (Å²) < 4.78 is 5.99. The Labute approximate surface area is 175 Å². The monoisotopic (exact) mass is 403 g/mol. The smallest absolute Gasteiger partial charge is 0.260 e. The second kappa shape index (κ2) is 7.61. The van der Waals surface area contributed by atoms with Gasteiger partial charge >= 0.3 is 0 Å². The van der Waals surface area contributed by atoms with Gasteiger partial charge in [-0.2, -0.15) is 0 Å². The summed E-state index contributed by atoms with van der Waals surface area (Å²) in [7, 11) is 0. The molecule has 2 aromatic carbocycles. The summed E-state index contributed by atoms with van der Waals surface area (Å²) in [6.07, 6.45) is 1.97. The van der Waals surface area contributed by atoms with Crippen molar-refractivity contribution in [3.05, 3.63) is 64.7 Å². The number of likely N-dealkylation sites (tertiary alicyclic amines) is 1. The maximum absolute atomic E-state index is 12.6. The lowest BCUT2D eigenvalue weighted by Crippen LogP contribution is -2.35. The normalized spacial score (nSPS) is 22.4. The molecule has 6 heteroatoms. The molecule has 2 aromatic rings. The van der Waals surface area contributed by atoms with Gasteiger partial charge in [-0.25, -0.2) is 0 Å². The summed E-state index contributed by atoms with van der Waals surface area (Å²) in [6.45, 7) is 4.97. The Kier molecular flexibility index (Phi) is 4.79. The highest BCUT2D eigenvalue weighted by molar-refractivity contribution is 6.36. The largest absolute Gasteiger partial charge is 0.487 e. The van der Waals surface area contributed by atoms with Crippen molar-refractivity contribution in [1.29, 1.82) is 0 Å². The van der Waals surface area contributed by atoms with Crippen LogP contribution in [0.15, 0.2) is 42.5 Å². The molecule has 0 saturated carbocycles. The van der Waals surface area contributed by atoms with Crippen molar-refractivity contribution >= 4 is 28.8 Å². The number of hydrogen-bond donors (Lipinski definition) is 2. The zero-order valence-electron chi connectivity index (χ0n) is 17.0. The Balaban J connectivity index is 1.31. The predicted molar refractivity (Wildman–Crippen MR) is 115 cm³/mol. The van der Waals surface area contributed by atoms with Gasteiger partial charge in [0.25, 0.3) is 5.91 Å². The number of carbonyl (C=O) groups excluding carboxylic acids is 2. The van der Waals surface area contributed by atoms with E-state index < -0.39 is 0 Å². The van der Waals surface area contributed by atoms with Gasteiger partial charge in [-0.1, -0.05) is 36.4 Å². The van der Waals surface area contributed by atoms with E-state index in [4.69, 9.17) is 4.74 Å². The summed E-state index contributed by atoms with van der Waals surface area (Å²) in [4.78, 5) is 26.2. The van der Waals surface area contributed by atoms with E-state index in [0.29, 0.717) is 17.9 Å². The molecule has 2 N–H and O–H groups in total. The number of rotatable bonds is 4. The number of ether oxygens (including phenoxy) is 1. The Bertz CT molecular complexity index is 1060. The van der Waals surface area contributed by atoms with Crippen LogP contribution >= 0.6 is 0 Å². The molecule has 0 aliphatic carbocycles. The van der Waals surface area contributed by atoms with E-state index >= 15 is 0 Å². The summed E-state index contributed by atoms with van der Waals surface area (Å²) in [5.41, 5.74) is 5.76. The van der Waals surface area contributed by atoms with Crippen LogP contribution in [0.4, 0.5) is 5.69 Å². The molecule has 1 unspecified atom stereocenters. The quantitative estimate of drug-likeness (QED) is 0.771. The molecule has 2 amide bonds. The van der Waals surface area contributed by atoms with Gasteiger partial charge in [-0.15, -0.1) is 0 Å². The molecular formula is C24H25N3O3. The number of amides is 2. The number of nitrogens with zero attached hydrogens (tertiary/aromatic N) is 1. The number of fused-ring (bicyclic) bond motifs is 2. The molecule has 1 atom stereocenters. The Morgan fingerprint density at radius 2 is 2.10 bits per heavy atom. The number of hydrogen-bond acceptors (Lipinski definition) is 4. The lowest BCUT2D eigenvalue weighted by Gasteiger charge is -2.16. The third kappa shape index (κ3) is 3.48. The molecule has 1 saturated heterocycles. The van der Waals surface area contributed by atoms with Crippen LogP contribution in [-0.4, -0.2) is 42.4 Å². The van der Waals surface area contributed by atoms with Crippen molar-refractivity contribution in [3.63, 3.8) is 0 Å². The van der Waals surface area contributed by atoms with E-state index in [-0.39, 0.29) is 17.9 Å². The molecule has 30 heavy (non-hydrogen) atoms. The lowest BCUT2D eigenvalue weighted by molar-refractivity contribution is -0.119. The standard InChI is InChI=1S/C24H25N3O3/c1-15(28)25-18-9-11-27(13-18)10-8-16-6-7-19-17(12-16)14-30-23(19)22-20-4-2-3-5-21(20)26-24(22)29/h2-7,12,18H,8-11,13-14H2,1H3,(H,25,28)(H,26,29)/b23-22+. The van der Waals surface area contributed by atoms with Crippen LogP contribution in [0.3, 0.4) is 0 Å². The van der Waals surface area contributed by atoms with Crippen molar-refractivity contribution in [2.45, 2.75) is 32.4 Å². The average Bonchev–Trinajstić information content (AvgIpc) is 3.42. The molecule has 0 bridgehead atoms. The van der Waals surface area contributed by atoms with Crippen molar-refractivity contribution in [2.24, 2.45) is 0 Å². The maximum Gasteiger partial charge on any atom is 0.260 e. The Hall–Kier alpha value is -3.12. The van der Waals surface area contributed by atoms with Crippen LogP contribution < -0.4 is 10.6 Å². The molecule has 6 nitrogen and oxygen atoms in total.